The zero-order valence-electron chi connectivity index (χ0n) is 16.0. The standard InChI is InChI=1S/C24H24N2O/c1-4-18-14-19(21-10-6-5-9-20(21)15-25)12-13-24(18)27-16-22-17(2)8-7-11-23(22)26-3/h5-14,26H,4,16H2,1-3H3. The molecule has 3 rings (SSSR count). The Hall–Kier alpha value is -3.25. The van der Waals surface area contributed by atoms with Crippen LogP contribution in [0.4, 0.5) is 5.69 Å². The second-order valence-corrected chi connectivity index (χ2v) is 6.47. The second-order valence-electron chi connectivity index (χ2n) is 6.47. The molecule has 27 heavy (non-hydrogen) atoms. The molecule has 136 valence electrons. The van der Waals surface area contributed by atoms with Gasteiger partial charge in [0.05, 0.1) is 11.6 Å². The SMILES string of the molecule is CCc1cc(-c2ccccc2C#N)ccc1OCc1c(C)cccc1NC. The van der Waals surface area contributed by atoms with Crippen molar-refractivity contribution in [2.24, 2.45) is 0 Å². The summed E-state index contributed by atoms with van der Waals surface area (Å²) in [7, 11) is 1.93. The van der Waals surface area contributed by atoms with Crippen LogP contribution in [0.15, 0.2) is 60.7 Å². The van der Waals surface area contributed by atoms with E-state index in [4.69, 9.17) is 4.74 Å². The number of hydrogen-bond donors (Lipinski definition) is 1. The van der Waals surface area contributed by atoms with Crippen LogP contribution in [0.5, 0.6) is 5.75 Å². The highest BCUT2D eigenvalue weighted by Crippen LogP contribution is 2.30. The van der Waals surface area contributed by atoms with Crippen LogP contribution >= 0.6 is 0 Å². The lowest BCUT2D eigenvalue weighted by Crippen LogP contribution is -2.04. The van der Waals surface area contributed by atoms with E-state index in [0.29, 0.717) is 12.2 Å². The summed E-state index contributed by atoms with van der Waals surface area (Å²) in [5.74, 6) is 0.890. The molecule has 0 amide bonds. The molecule has 0 radical (unpaired) electrons. The van der Waals surface area contributed by atoms with Gasteiger partial charge >= 0.3 is 0 Å². The molecule has 0 saturated heterocycles. The average Bonchev–Trinajstić information content (AvgIpc) is 2.72. The number of rotatable bonds is 6. The average molecular weight is 356 g/mol. The van der Waals surface area contributed by atoms with Gasteiger partial charge in [-0.15, -0.1) is 0 Å². The normalized spacial score (nSPS) is 10.3. The molecule has 0 bridgehead atoms. The number of benzene rings is 3. The zero-order valence-corrected chi connectivity index (χ0v) is 16.0. The monoisotopic (exact) mass is 356 g/mol. The summed E-state index contributed by atoms with van der Waals surface area (Å²) < 4.78 is 6.18. The fourth-order valence-corrected chi connectivity index (χ4v) is 3.27. The smallest absolute Gasteiger partial charge is 0.123 e. The Morgan fingerprint density at radius 3 is 2.59 bits per heavy atom. The highest BCUT2D eigenvalue weighted by Gasteiger charge is 2.10. The van der Waals surface area contributed by atoms with E-state index in [9.17, 15) is 5.26 Å². The minimum absolute atomic E-state index is 0.518. The Bertz CT molecular complexity index is 986. The van der Waals surface area contributed by atoms with E-state index in [0.717, 1.165) is 34.5 Å². The van der Waals surface area contributed by atoms with Gasteiger partial charge in [0, 0.05) is 18.3 Å². The van der Waals surface area contributed by atoms with Crippen LogP contribution in [-0.2, 0) is 13.0 Å². The fourth-order valence-electron chi connectivity index (χ4n) is 3.27. The van der Waals surface area contributed by atoms with Crippen LogP contribution < -0.4 is 10.1 Å². The van der Waals surface area contributed by atoms with Crippen molar-refractivity contribution in [1.82, 2.24) is 0 Å². The van der Waals surface area contributed by atoms with Gasteiger partial charge in [-0.2, -0.15) is 5.26 Å². The van der Waals surface area contributed by atoms with Gasteiger partial charge in [-0.05, 0) is 59.9 Å². The molecule has 0 aliphatic heterocycles. The Morgan fingerprint density at radius 2 is 1.85 bits per heavy atom. The van der Waals surface area contributed by atoms with Gasteiger partial charge in [0.2, 0.25) is 0 Å². The zero-order chi connectivity index (χ0) is 19.2. The van der Waals surface area contributed by atoms with E-state index in [2.05, 4.69) is 43.4 Å². The molecular weight excluding hydrogens is 332 g/mol. The van der Waals surface area contributed by atoms with E-state index in [1.807, 2.05) is 49.5 Å². The first kappa shape index (κ1) is 18.5. The van der Waals surface area contributed by atoms with E-state index in [-0.39, 0.29) is 0 Å². The third kappa shape index (κ3) is 3.96. The Kier molecular flexibility index (Phi) is 5.78. The molecule has 3 aromatic carbocycles. The van der Waals surface area contributed by atoms with Crippen molar-refractivity contribution in [1.29, 1.82) is 5.26 Å². The molecule has 0 atom stereocenters. The quantitative estimate of drug-likeness (QED) is 0.614. The first-order valence-electron chi connectivity index (χ1n) is 9.19. The van der Waals surface area contributed by atoms with Gasteiger partial charge in [0.25, 0.3) is 0 Å². The first-order valence-corrected chi connectivity index (χ1v) is 9.19. The molecule has 0 heterocycles. The van der Waals surface area contributed by atoms with E-state index in [1.165, 1.54) is 11.1 Å². The van der Waals surface area contributed by atoms with Gasteiger partial charge in [-0.25, -0.2) is 0 Å². The highest BCUT2D eigenvalue weighted by atomic mass is 16.5. The maximum absolute atomic E-state index is 9.37. The van der Waals surface area contributed by atoms with Crippen molar-refractivity contribution in [3.8, 4) is 22.9 Å². The van der Waals surface area contributed by atoms with Crippen LogP contribution in [0.25, 0.3) is 11.1 Å². The highest BCUT2D eigenvalue weighted by molar-refractivity contribution is 5.71. The second kappa shape index (κ2) is 8.42. The van der Waals surface area contributed by atoms with Gasteiger partial charge in [0.15, 0.2) is 0 Å². The fraction of sp³-hybridized carbons (Fsp3) is 0.208. The topological polar surface area (TPSA) is 45.0 Å². The lowest BCUT2D eigenvalue weighted by Gasteiger charge is -2.16. The van der Waals surface area contributed by atoms with Crippen LogP contribution in [0.1, 0.15) is 29.2 Å². The molecule has 0 fully saturated rings. The first-order chi connectivity index (χ1) is 13.2. The summed E-state index contributed by atoms with van der Waals surface area (Å²) in [6.45, 7) is 4.74. The summed E-state index contributed by atoms with van der Waals surface area (Å²) in [6.07, 6.45) is 0.866. The van der Waals surface area contributed by atoms with Crippen LogP contribution in [0.2, 0.25) is 0 Å². The van der Waals surface area contributed by atoms with E-state index < -0.39 is 0 Å². The molecule has 3 heteroatoms. The van der Waals surface area contributed by atoms with E-state index in [1.54, 1.807) is 0 Å². The lowest BCUT2D eigenvalue weighted by molar-refractivity contribution is 0.303. The summed E-state index contributed by atoms with van der Waals surface area (Å²) in [5.41, 5.74) is 7.29. The number of aryl methyl sites for hydroxylation is 2. The van der Waals surface area contributed by atoms with Crippen LogP contribution in [0, 0.1) is 18.3 Å². The summed E-state index contributed by atoms with van der Waals surface area (Å²) in [6, 6.07) is 22.3. The molecule has 0 aliphatic carbocycles. The number of nitrogens with zero attached hydrogens (tertiary/aromatic N) is 1. The molecule has 0 spiro atoms. The predicted octanol–water partition coefficient (Wildman–Crippen LogP) is 5.72. The van der Waals surface area contributed by atoms with Gasteiger partial charge in [-0.3, -0.25) is 0 Å². The lowest BCUT2D eigenvalue weighted by atomic mass is 9.97. The minimum atomic E-state index is 0.518. The number of anilines is 1. The molecule has 0 aromatic heterocycles. The molecule has 0 unspecified atom stereocenters. The maximum atomic E-state index is 9.37. The molecule has 3 aromatic rings. The predicted molar refractivity (Wildman–Crippen MR) is 111 cm³/mol. The minimum Gasteiger partial charge on any atom is -0.489 e. The van der Waals surface area contributed by atoms with Crippen molar-refractivity contribution in [2.75, 3.05) is 12.4 Å². The van der Waals surface area contributed by atoms with Gasteiger partial charge in [-0.1, -0.05) is 43.3 Å². The van der Waals surface area contributed by atoms with Crippen molar-refractivity contribution >= 4 is 5.69 Å². The number of nitrogens with one attached hydrogen (secondary N) is 1. The maximum Gasteiger partial charge on any atom is 0.123 e. The number of ether oxygens (including phenoxy) is 1. The van der Waals surface area contributed by atoms with E-state index >= 15 is 0 Å². The molecule has 0 aliphatic rings. The Balaban J connectivity index is 1.89. The number of nitriles is 1. The molecule has 1 N–H and O–H groups in total. The Labute approximate surface area is 161 Å². The summed E-state index contributed by atoms with van der Waals surface area (Å²) in [5, 5.41) is 12.6. The third-order valence-corrected chi connectivity index (χ3v) is 4.85. The number of hydrogen-bond acceptors (Lipinski definition) is 3. The van der Waals surface area contributed by atoms with Crippen LogP contribution in [0.3, 0.4) is 0 Å². The van der Waals surface area contributed by atoms with Crippen molar-refractivity contribution in [3.05, 3.63) is 82.9 Å². The third-order valence-electron chi connectivity index (χ3n) is 4.85. The molecule has 3 nitrogen and oxygen atoms in total. The Morgan fingerprint density at radius 1 is 1.04 bits per heavy atom. The summed E-state index contributed by atoms with van der Waals surface area (Å²) >= 11 is 0. The molecular formula is C24H24N2O. The van der Waals surface area contributed by atoms with Crippen LogP contribution in [-0.4, -0.2) is 7.05 Å². The van der Waals surface area contributed by atoms with Crippen molar-refractivity contribution in [3.63, 3.8) is 0 Å². The summed E-state index contributed by atoms with van der Waals surface area (Å²) in [4.78, 5) is 0. The van der Waals surface area contributed by atoms with Crippen molar-refractivity contribution in [2.45, 2.75) is 26.9 Å². The molecule has 0 saturated carbocycles. The largest absolute Gasteiger partial charge is 0.489 e. The van der Waals surface area contributed by atoms with Crippen molar-refractivity contribution < 1.29 is 4.74 Å². The van der Waals surface area contributed by atoms with Gasteiger partial charge in [0.1, 0.15) is 12.4 Å². The van der Waals surface area contributed by atoms with Gasteiger partial charge < -0.3 is 10.1 Å².